The third-order valence-corrected chi connectivity index (χ3v) is 4.03. The lowest BCUT2D eigenvalue weighted by Crippen LogP contribution is -2.47. The molecule has 2 saturated carbocycles. The Kier molecular flexibility index (Phi) is 4.16. The van der Waals surface area contributed by atoms with Gasteiger partial charge in [-0.25, -0.2) is 0 Å². The molecule has 0 atom stereocenters. The maximum atomic E-state index is 10.9. The van der Waals surface area contributed by atoms with Gasteiger partial charge in [0.15, 0.2) is 5.79 Å². The molecule has 0 bridgehead atoms. The minimum absolute atomic E-state index is 0.0718. The number of ketones is 3. The van der Waals surface area contributed by atoms with Crippen LogP contribution in [-0.2, 0) is 23.9 Å². The second kappa shape index (κ2) is 5.51. The molecular weight excluding hydrogens is 248 g/mol. The van der Waals surface area contributed by atoms with E-state index in [0.717, 1.165) is 12.8 Å². The monoisotopic (exact) mass is 268 g/mol. The Morgan fingerprint density at radius 1 is 1.00 bits per heavy atom. The number of carbonyl (C=O) groups excluding carboxylic acids is 3. The lowest BCUT2D eigenvalue weighted by molar-refractivity contribution is -0.227. The van der Waals surface area contributed by atoms with E-state index in [-0.39, 0.29) is 35.0 Å². The molecule has 0 unspecified atom stereocenters. The number of hydrogen-bond donors (Lipinski definition) is 0. The average Bonchev–Trinajstić information content (AvgIpc) is 2.72. The first-order valence-corrected chi connectivity index (χ1v) is 6.72. The van der Waals surface area contributed by atoms with Gasteiger partial charge in [0.1, 0.15) is 17.3 Å². The van der Waals surface area contributed by atoms with E-state index in [1.807, 2.05) is 0 Å². The van der Waals surface area contributed by atoms with Crippen molar-refractivity contribution in [3.05, 3.63) is 0 Å². The highest BCUT2D eigenvalue weighted by Crippen LogP contribution is 2.44. The summed E-state index contributed by atoms with van der Waals surface area (Å²) in [5.41, 5.74) is 0. The van der Waals surface area contributed by atoms with Gasteiger partial charge in [0, 0.05) is 37.5 Å². The van der Waals surface area contributed by atoms with E-state index in [0.29, 0.717) is 26.1 Å². The van der Waals surface area contributed by atoms with E-state index in [1.165, 1.54) is 6.92 Å². The predicted molar refractivity (Wildman–Crippen MR) is 66.5 cm³/mol. The molecule has 1 saturated heterocycles. The molecule has 1 spiro atoms. The molecule has 3 fully saturated rings. The quantitative estimate of drug-likeness (QED) is 0.754. The highest BCUT2D eigenvalue weighted by atomic mass is 16.7. The molecule has 106 valence electrons. The van der Waals surface area contributed by atoms with Crippen LogP contribution in [0, 0.1) is 11.8 Å². The van der Waals surface area contributed by atoms with Gasteiger partial charge in [-0.05, 0) is 13.8 Å². The van der Waals surface area contributed by atoms with E-state index in [9.17, 15) is 14.4 Å². The van der Waals surface area contributed by atoms with E-state index in [2.05, 4.69) is 0 Å². The highest BCUT2D eigenvalue weighted by molar-refractivity contribution is 5.96. The van der Waals surface area contributed by atoms with Crippen LogP contribution in [0.4, 0.5) is 0 Å². The first kappa shape index (κ1) is 14.3. The summed E-state index contributed by atoms with van der Waals surface area (Å²) in [4.78, 5) is 31.5. The third kappa shape index (κ3) is 3.28. The SMILES string of the molecule is CC(=O)C1CC(=O)C1.CC(=O)C1CC2(C1)OCCO2. The molecule has 0 amide bonds. The normalized spacial score (nSPS) is 25.3. The van der Waals surface area contributed by atoms with Crippen molar-refractivity contribution >= 4 is 17.3 Å². The molecule has 0 aromatic heterocycles. The van der Waals surface area contributed by atoms with Gasteiger partial charge in [-0.3, -0.25) is 14.4 Å². The molecule has 0 N–H and O–H groups in total. The number of rotatable bonds is 2. The summed E-state index contributed by atoms with van der Waals surface area (Å²) in [5, 5.41) is 0. The third-order valence-electron chi connectivity index (χ3n) is 4.03. The second-order valence-corrected chi connectivity index (χ2v) is 5.58. The summed E-state index contributed by atoms with van der Waals surface area (Å²) in [6.07, 6.45) is 2.52. The Hall–Kier alpha value is -1.07. The molecule has 0 aromatic carbocycles. The predicted octanol–water partition coefficient (Wildman–Crippen LogP) is 1.28. The maximum Gasteiger partial charge on any atom is 0.169 e. The van der Waals surface area contributed by atoms with Crippen molar-refractivity contribution in [2.75, 3.05) is 13.2 Å². The van der Waals surface area contributed by atoms with Crippen molar-refractivity contribution in [2.45, 2.75) is 45.3 Å². The molecule has 5 nitrogen and oxygen atoms in total. The largest absolute Gasteiger partial charge is 0.347 e. The summed E-state index contributed by atoms with van der Waals surface area (Å²) >= 11 is 0. The summed E-state index contributed by atoms with van der Waals surface area (Å²) in [5.74, 6) is 0.552. The van der Waals surface area contributed by atoms with Gasteiger partial charge in [-0.2, -0.15) is 0 Å². The minimum atomic E-state index is -0.351. The van der Waals surface area contributed by atoms with Gasteiger partial charge in [-0.1, -0.05) is 0 Å². The Balaban J connectivity index is 0.000000148. The first-order valence-electron chi connectivity index (χ1n) is 6.72. The fraction of sp³-hybridized carbons (Fsp3) is 0.786. The summed E-state index contributed by atoms with van der Waals surface area (Å²) < 4.78 is 10.8. The Labute approximate surface area is 112 Å². The van der Waals surface area contributed by atoms with Crippen LogP contribution in [0.3, 0.4) is 0 Å². The van der Waals surface area contributed by atoms with Crippen molar-refractivity contribution in [3.63, 3.8) is 0 Å². The van der Waals surface area contributed by atoms with Gasteiger partial charge < -0.3 is 9.47 Å². The van der Waals surface area contributed by atoms with Crippen LogP contribution in [0.2, 0.25) is 0 Å². The van der Waals surface area contributed by atoms with E-state index >= 15 is 0 Å². The number of hydrogen-bond acceptors (Lipinski definition) is 5. The van der Waals surface area contributed by atoms with Gasteiger partial charge in [-0.15, -0.1) is 0 Å². The number of Topliss-reactive ketones (excluding diaryl/α,β-unsaturated/α-hetero) is 3. The van der Waals surface area contributed by atoms with Crippen molar-refractivity contribution in [1.82, 2.24) is 0 Å². The van der Waals surface area contributed by atoms with Crippen LogP contribution in [0.25, 0.3) is 0 Å². The first-order chi connectivity index (χ1) is 8.92. The lowest BCUT2D eigenvalue weighted by Gasteiger charge is -2.41. The standard InChI is InChI=1S/C8H12O3.C6H8O2/c1-6(9)7-4-8(5-7)10-2-3-11-8;1-4(7)5-2-6(8)3-5/h7H,2-5H2,1H3;5H,2-3H2,1H3. The van der Waals surface area contributed by atoms with Gasteiger partial charge >= 0.3 is 0 Å². The summed E-state index contributed by atoms with van der Waals surface area (Å²) in [7, 11) is 0. The Morgan fingerprint density at radius 3 is 1.79 bits per heavy atom. The van der Waals surface area contributed by atoms with E-state index in [1.54, 1.807) is 6.92 Å². The summed E-state index contributed by atoms with van der Waals surface area (Å²) in [6, 6.07) is 0. The molecule has 1 aliphatic heterocycles. The molecule has 3 aliphatic rings. The van der Waals surface area contributed by atoms with E-state index in [4.69, 9.17) is 9.47 Å². The molecule has 19 heavy (non-hydrogen) atoms. The Morgan fingerprint density at radius 2 is 1.47 bits per heavy atom. The zero-order valence-corrected chi connectivity index (χ0v) is 11.4. The highest BCUT2D eigenvalue weighted by Gasteiger charge is 2.50. The van der Waals surface area contributed by atoms with Gasteiger partial charge in [0.2, 0.25) is 0 Å². The van der Waals surface area contributed by atoms with Crippen molar-refractivity contribution < 1.29 is 23.9 Å². The van der Waals surface area contributed by atoms with Crippen LogP contribution in [0.15, 0.2) is 0 Å². The molecule has 1 heterocycles. The maximum absolute atomic E-state index is 10.9. The van der Waals surface area contributed by atoms with Crippen molar-refractivity contribution in [3.8, 4) is 0 Å². The van der Waals surface area contributed by atoms with Crippen LogP contribution >= 0.6 is 0 Å². The molecule has 5 heteroatoms. The fourth-order valence-electron chi connectivity index (χ4n) is 2.49. The van der Waals surface area contributed by atoms with Crippen LogP contribution in [-0.4, -0.2) is 36.4 Å². The lowest BCUT2D eigenvalue weighted by atomic mass is 9.77. The zero-order valence-electron chi connectivity index (χ0n) is 11.4. The molecule has 2 aliphatic carbocycles. The molecule has 3 rings (SSSR count). The van der Waals surface area contributed by atoms with Crippen LogP contribution in [0.1, 0.15) is 39.5 Å². The summed E-state index contributed by atoms with van der Waals surface area (Å²) in [6.45, 7) is 4.54. The minimum Gasteiger partial charge on any atom is -0.347 e. The second-order valence-electron chi connectivity index (χ2n) is 5.58. The number of carbonyl (C=O) groups is 3. The Bertz CT molecular complexity index is 379. The van der Waals surface area contributed by atoms with Crippen molar-refractivity contribution in [1.29, 1.82) is 0 Å². The van der Waals surface area contributed by atoms with Crippen molar-refractivity contribution in [2.24, 2.45) is 11.8 Å². The van der Waals surface area contributed by atoms with E-state index < -0.39 is 0 Å². The number of ether oxygens (including phenoxy) is 2. The fourth-order valence-corrected chi connectivity index (χ4v) is 2.49. The average molecular weight is 268 g/mol. The molecule has 0 radical (unpaired) electrons. The smallest absolute Gasteiger partial charge is 0.169 e. The molecule has 0 aromatic rings. The topological polar surface area (TPSA) is 69.7 Å². The zero-order chi connectivity index (χ0) is 14.0. The van der Waals surface area contributed by atoms with Crippen LogP contribution in [0.5, 0.6) is 0 Å². The molecular formula is C14H20O5. The van der Waals surface area contributed by atoms with Crippen LogP contribution < -0.4 is 0 Å². The van der Waals surface area contributed by atoms with Gasteiger partial charge in [0.25, 0.3) is 0 Å². The van der Waals surface area contributed by atoms with Gasteiger partial charge in [0.05, 0.1) is 13.2 Å².